The van der Waals surface area contributed by atoms with E-state index in [2.05, 4.69) is 51.3 Å². The van der Waals surface area contributed by atoms with Gasteiger partial charge in [0.05, 0.1) is 17.9 Å². The minimum atomic E-state index is 0.106. The Labute approximate surface area is 184 Å². The Kier molecular flexibility index (Phi) is 5.85. The molecule has 5 nitrogen and oxygen atoms in total. The van der Waals surface area contributed by atoms with Gasteiger partial charge in [-0.2, -0.15) is 5.10 Å². The smallest absolute Gasteiger partial charge is 0.226 e. The topological polar surface area (TPSA) is 41.4 Å². The fourth-order valence-electron chi connectivity index (χ4n) is 4.75. The van der Waals surface area contributed by atoms with Crippen molar-refractivity contribution < 1.29 is 4.79 Å². The van der Waals surface area contributed by atoms with Crippen molar-refractivity contribution in [1.82, 2.24) is 19.6 Å². The highest BCUT2D eigenvalue weighted by Crippen LogP contribution is 2.48. The number of amides is 1. The van der Waals surface area contributed by atoms with Crippen molar-refractivity contribution in [2.24, 2.45) is 5.92 Å². The Morgan fingerprint density at radius 1 is 0.968 bits per heavy atom. The van der Waals surface area contributed by atoms with Crippen molar-refractivity contribution >= 4 is 5.91 Å². The zero-order chi connectivity index (χ0) is 21.0. The molecule has 0 N–H and O–H groups in total. The predicted molar refractivity (Wildman–Crippen MR) is 122 cm³/mol. The van der Waals surface area contributed by atoms with Crippen LogP contribution in [0.5, 0.6) is 0 Å². The summed E-state index contributed by atoms with van der Waals surface area (Å²) in [5.74, 6) is 0.755. The highest BCUT2D eigenvalue weighted by molar-refractivity contribution is 5.83. The Hall–Kier alpha value is -2.92. The molecule has 2 aromatic carbocycles. The van der Waals surface area contributed by atoms with Gasteiger partial charge in [-0.3, -0.25) is 4.79 Å². The van der Waals surface area contributed by atoms with Crippen LogP contribution in [0.3, 0.4) is 0 Å². The number of carbonyl (C=O) groups is 1. The van der Waals surface area contributed by atoms with Crippen molar-refractivity contribution in [3.8, 4) is 5.69 Å². The summed E-state index contributed by atoms with van der Waals surface area (Å²) in [6, 6.07) is 22.7. The molecule has 0 radical (unpaired) electrons. The molecular formula is C26H30N4O. The number of aromatic nitrogens is 2. The first-order valence-electron chi connectivity index (χ1n) is 11.4. The quantitative estimate of drug-likeness (QED) is 0.557. The number of benzene rings is 2. The molecule has 2 fully saturated rings. The van der Waals surface area contributed by atoms with Gasteiger partial charge in [0.25, 0.3) is 0 Å². The van der Waals surface area contributed by atoms with Gasteiger partial charge in [0, 0.05) is 25.2 Å². The number of carbonyl (C=O) groups excluding carboxylic acids is 1. The molecule has 160 valence electrons. The molecule has 1 aliphatic carbocycles. The normalized spacial score (nSPS) is 20.6. The molecule has 0 bridgehead atoms. The van der Waals surface area contributed by atoms with E-state index in [4.69, 9.17) is 0 Å². The van der Waals surface area contributed by atoms with Gasteiger partial charge in [-0.1, -0.05) is 48.5 Å². The largest absolute Gasteiger partial charge is 0.335 e. The van der Waals surface area contributed by atoms with E-state index in [0.717, 1.165) is 44.0 Å². The molecule has 2 heterocycles. The van der Waals surface area contributed by atoms with Gasteiger partial charge < -0.3 is 9.80 Å². The molecule has 1 aliphatic heterocycles. The van der Waals surface area contributed by atoms with E-state index < -0.39 is 0 Å². The lowest BCUT2D eigenvalue weighted by molar-refractivity contribution is -0.133. The molecule has 0 unspecified atom stereocenters. The van der Waals surface area contributed by atoms with Crippen LogP contribution in [-0.2, 0) is 11.3 Å². The van der Waals surface area contributed by atoms with E-state index in [0.29, 0.717) is 12.5 Å². The molecule has 2 aliphatic rings. The highest BCUT2D eigenvalue weighted by atomic mass is 16.2. The fourth-order valence-corrected chi connectivity index (χ4v) is 4.75. The lowest BCUT2D eigenvalue weighted by Gasteiger charge is -2.26. The summed E-state index contributed by atoms with van der Waals surface area (Å²) in [5.41, 5.74) is 3.37. The molecule has 1 amide bonds. The number of likely N-dealkylation sites (tertiary alicyclic amines) is 1. The maximum Gasteiger partial charge on any atom is 0.226 e. The molecule has 1 aromatic heterocycles. The number of hydrogen-bond acceptors (Lipinski definition) is 3. The Balaban J connectivity index is 1.33. The standard InChI is InChI=1S/C26H30N4O/c31-26(25-19-24(25)21-9-3-1-4-10-21)29(18-17-28-15-7-8-16-28)20-23-13-14-27-30(23)22-11-5-2-6-12-22/h1-6,9-14,24-25H,7-8,15-20H2/t24-,25-/m0/s1. The Morgan fingerprint density at radius 3 is 2.42 bits per heavy atom. The summed E-state index contributed by atoms with van der Waals surface area (Å²) in [7, 11) is 0. The van der Waals surface area contributed by atoms with Crippen LogP contribution in [0.25, 0.3) is 5.69 Å². The van der Waals surface area contributed by atoms with Gasteiger partial charge in [-0.05, 0) is 62.0 Å². The van der Waals surface area contributed by atoms with Crippen molar-refractivity contribution in [1.29, 1.82) is 0 Å². The molecule has 0 spiro atoms. The first kappa shape index (κ1) is 20.0. The third-order valence-corrected chi connectivity index (χ3v) is 6.61. The van der Waals surface area contributed by atoms with E-state index in [1.54, 1.807) is 0 Å². The van der Waals surface area contributed by atoms with Crippen LogP contribution in [0.4, 0.5) is 0 Å². The summed E-state index contributed by atoms with van der Waals surface area (Å²) in [4.78, 5) is 18.1. The summed E-state index contributed by atoms with van der Waals surface area (Å²) in [5, 5.41) is 4.53. The lowest BCUT2D eigenvalue weighted by atomic mass is 10.1. The van der Waals surface area contributed by atoms with Gasteiger partial charge >= 0.3 is 0 Å². The second-order valence-corrected chi connectivity index (χ2v) is 8.74. The Morgan fingerprint density at radius 2 is 1.68 bits per heavy atom. The minimum absolute atomic E-state index is 0.106. The van der Waals surface area contributed by atoms with Crippen LogP contribution in [-0.4, -0.2) is 51.7 Å². The van der Waals surface area contributed by atoms with Gasteiger partial charge in [-0.25, -0.2) is 4.68 Å². The van der Waals surface area contributed by atoms with Crippen LogP contribution < -0.4 is 0 Å². The van der Waals surface area contributed by atoms with Gasteiger partial charge in [0.2, 0.25) is 5.91 Å². The van der Waals surface area contributed by atoms with Crippen LogP contribution >= 0.6 is 0 Å². The van der Waals surface area contributed by atoms with Crippen LogP contribution in [0.2, 0.25) is 0 Å². The summed E-state index contributed by atoms with van der Waals surface area (Å²) < 4.78 is 1.96. The minimum Gasteiger partial charge on any atom is -0.335 e. The molecular weight excluding hydrogens is 384 g/mol. The average molecular weight is 415 g/mol. The predicted octanol–water partition coefficient (Wildman–Crippen LogP) is 4.10. The van der Waals surface area contributed by atoms with Gasteiger partial charge in [0.15, 0.2) is 0 Å². The highest BCUT2D eigenvalue weighted by Gasteiger charge is 2.45. The first-order chi connectivity index (χ1) is 15.3. The van der Waals surface area contributed by atoms with Crippen molar-refractivity contribution in [2.45, 2.75) is 31.7 Å². The number of rotatable bonds is 8. The van der Waals surface area contributed by atoms with Gasteiger partial charge in [0.1, 0.15) is 0 Å². The zero-order valence-corrected chi connectivity index (χ0v) is 17.9. The molecule has 5 rings (SSSR count). The molecule has 31 heavy (non-hydrogen) atoms. The van der Waals surface area contributed by atoms with E-state index in [1.807, 2.05) is 41.2 Å². The third-order valence-electron chi connectivity index (χ3n) is 6.61. The summed E-state index contributed by atoms with van der Waals surface area (Å²) in [6.45, 7) is 4.63. The van der Waals surface area contributed by atoms with Crippen LogP contribution in [0.15, 0.2) is 72.9 Å². The van der Waals surface area contributed by atoms with Gasteiger partial charge in [-0.15, -0.1) is 0 Å². The van der Waals surface area contributed by atoms with Crippen LogP contribution in [0.1, 0.15) is 36.4 Å². The maximum atomic E-state index is 13.5. The number of para-hydroxylation sites is 1. The number of nitrogens with zero attached hydrogens (tertiary/aromatic N) is 4. The van der Waals surface area contributed by atoms with Crippen LogP contribution in [0, 0.1) is 5.92 Å². The monoisotopic (exact) mass is 414 g/mol. The van der Waals surface area contributed by atoms with Crippen molar-refractivity contribution in [2.75, 3.05) is 26.2 Å². The van der Waals surface area contributed by atoms with Crippen molar-refractivity contribution in [3.05, 3.63) is 84.2 Å². The summed E-state index contributed by atoms with van der Waals surface area (Å²) >= 11 is 0. The van der Waals surface area contributed by atoms with E-state index in [1.165, 1.54) is 18.4 Å². The second kappa shape index (κ2) is 9.06. The maximum absolute atomic E-state index is 13.5. The molecule has 1 saturated carbocycles. The second-order valence-electron chi connectivity index (χ2n) is 8.74. The van der Waals surface area contributed by atoms with E-state index in [9.17, 15) is 4.79 Å². The average Bonchev–Trinajstić information content (AvgIpc) is 3.19. The number of hydrogen-bond donors (Lipinski definition) is 0. The Bertz CT molecular complexity index is 995. The van der Waals surface area contributed by atoms with Crippen molar-refractivity contribution in [3.63, 3.8) is 0 Å². The fraction of sp³-hybridized carbons (Fsp3) is 0.385. The zero-order valence-electron chi connectivity index (χ0n) is 17.9. The molecule has 2 atom stereocenters. The van der Waals surface area contributed by atoms with E-state index in [-0.39, 0.29) is 11.8 Å². The van der Waals surface area contributed by atoms with E-state index >= 15 is 0 Å². The summed E-state index contributed by atoms with van der Waals surface area (Å²) in [6.07, 6.45) is 5.33. The molecule has 1 saturated heterocycles. The third kappa shape index (κ3) is 4.57. The molecule has 3 aromatic rings. The SMILES string of the molecule is O=C([C@H]1C[C@H]1c1ccccc1)N(CCN1CCCC1)Cc1ccnn1-c1ccccc1. The lowest BCUT2D eigenvalue weighted by Crippen LogP contribution is -2.39. The first-order valence-corrected chi connectivity index (χ1v) is 11.4. The molecule has 5 heteroatoms.